The maximum Gasteiger partial charge on any atom is 0.207 e. The summed E-state index contributed by atoms with van der Waals surface area (Å²) < 4.78 is 0. The van der Waals surface area contributed by atoms with Gasteiger partial charge in [0.05, 0.1) is 0 Å². The standard InChI is InChI=1S/C7H8O4/c1-4-5(8)2-3-6(11-10)7(4)9/h2-3,8-10H,1H3. The van der Waals surface area contributed by atoms with Crippen LogP contribution >= 0.6 is 0 Å². The molecular formula is C7H8O4. The van der Waals surface area contributed by atoms with Gasteiger partial charge in [0, 0.05) is 5.56 Å². The summed E-state index contributed by atoms with van der Waals surface area (Å²) in [6.07, 6.45) is 0. The van der Waals surface area contributed by atoms with Crippen molar-refractivity contribution in [1.29, 1.82) is 0 Å². The highest BCUT2D eigenvalue weighted by Gasteiger charge is 2.08. The third-order valence-electron chi connectivity index (χ3n) is 1.46. The molecule has 0 heterocycles. The van der Waals surface area contributed by atoms with Gasteiger partial charge in [0.25, 0.3) is 0 Å². The first-order valence-electron chi connectivity index (χ1n) is 2.99. The highest BCUT2D eigenvalue weighted by Crippen LogP contribution is 2.34. The average Bonchev–Trinajstić information content (AvgIpc) is 2.01. The Morgan fingerprint density at radius 1 is 1.27 bits per heavy atom. The topological polar surface area (TPSA) is 69.9 Å². The summed E-state index contributed by atoms with van der Waals surface area (Å²) in [5.74, 6) is -0.365. The Morgan fingerprint density at radius 2 is 1.91 bits per heavy atom. The number of hydrogen-bond donors (Lipinski definition) is 3. The minimum Gasteiger partial charge on any atom is -0.508 e. The maximum absolute atomic E-state index is 9.13. The van der Waals surface area contributed by atoms with E-state index < -0.39 is 0 Å². The van der Waals surface area contributed by atoms with Crippen molar-refractivity contribution in [3.63, 3.8) is 0 Å². The Bertz CT molecular complexity index is 269. The van der Waals surface area contributed by atoms with E-state index in [-0.39, 0.29) is 22.8 Å². The second kappa shape index (κ2) is 2.67. The molecule has 0 atom stereocenters. The molecule has 0 spiro atoms. The molecule has 0 fully saturated rings. The summed E-state index contributed by atoms with van der Waals surface area (Å²) in [4.78, 5) is 3.82. The monoisotopic (exact) mass is 156 g/mol. The van der Waals surface area contributed by atoms with Gasteiger partial charge >= 0.3 is 0 Å². The SMILES string of the molecule is Cc1c(O)ccc(OO)c1O. The molecule has 11 heavy (non-hydrogen) atoms. The fourth-order valence-electron chi connectivity index (χ4n) is 0.738. The molecule has 0 aromatic heterocycles. The lowest BCUT2D eigenvalue weighted by atomic mass is 10.2. The van der Waals surface area contributed by atoms with Crippen molar-refractivity contribution in [3.8, 4) is 17.2 Å². The normalized spacial score (nSPS) is 9.64. The Labute approximate surface area is 63.2 Å². The minimum absolute atomic E-state index is 0.0386. The summed E-state index contributed by atoms with van der Waals surface area (Å²) in [7, 11) is 0. The predicted octanol–water partition coefficient (Wildman–Crippen LogP) is 1.26. The van der Waals surface area contributed by atoms with Gasteiger partial charge in [-0.2, -0.15) is 0 Å². The lowest BCUT2D eigenvalue weighted by Crippen LogP contribution is -1.86. The van der Waals surface area contributed by atoms with E-state index in [1.54, 1.807) is 0 Å². The van der Waals surface area contributed by atoms with Crippen molar-refractivity contribution in [3.05, 3.63) is 17.7 Å². The summed E-state index contributed by atoms with van der Waals surface area (Å²) in [5, 5.41) is 26.3. The molecule has 60 valence electrons. The van der Waals surface area contributed by atoms with E-state index in [9.17, 15) is 0 Å². The van der Waals surface area contributed by atoms with Crippen LogP contribution < -0.4 is 4.89 Å². The van der Waals surface area contributed by atoms with Crippen LogP contribution in [0.4, 0.5) is 0 Å². The molecule has 0 amide bonds. The number of benzene rings is 1. The Balaban J connectivity index is 3.25. The van der Waals surface area contributed by atoms with Crippen LogP contribution in [0, 0.1) is 6.92 Å². The molecule has 0 aliphatic heterocycles. The smallest absolute Gasteiger partial charge is 0.207 e. The van der Waals surface area contributed by atoms with Gasteiger partial charge in [0.1, 0.15) is 5.75 Å². The van der Waals surface area contributed by atoms with Crippen LogP contribution in [0.2, 0.25) is 0 Å². The zero-order valence-corrected chi connectivity index (χ0v) is 5.90. The number of hydrogen-bond acceptors (Lipinski definition) is 4. The number of aromatic hydroxyl groups is 2. The van der Waals surface area contributed by atoms with E-state index >= 15 is 0 Å². The number of phenols is 2. The molecular weight excluding hydrogens is 148 g/mol. The quantitative estimate of drug-likeness (QED) is 0.423. The van der Waals surface area contributed by atoms with Crippen molar-refractivity contribution in [2.24, 2.45) is 0 Å². The molecule has 0 saturated carbocycles. The predicted molar refractivity (Wildman–Crippen MR) is 37.8 cm³/mol. The molecule has 1 aromatic rings. The second-order valence-electron chi connectivity index (χ2n) is 2.15. The minimum atomic E-state index is -0.257. The summed E-state index contributed by atoms with van der Waals surface area (Å²) >= 11 is 0. The Hall–Kier alpha value is -1.42. The lowest BCUT2D eigenvalue weighted by molar-refractivity contribution is -0.139. The zero-order chi connectivity index (χ0) is 8.43. The number of rotatable bonds is 1. The highest BCUT2D eigenvalue weighted by molar-refractivity contribution is 5.51. The molecule has 4 nitrogen and oxygen atoms in total. The largest absolute Gasteiger partial charge is 0.508 e. The van der Waals surface area contributed by atoms with Gasteiger partial charge < -0.3 is 15.1 Å². The summed E-state index contributed by atoms with van der Waals surface area (Å²) in [6, 6.07) is 2.58. The fourth-order valence-corrected chi connectivity index (χ4v) is 0.738. The molecule has 0 aliphatic carbocycles. The molecule has 1 rings (SSSR count). The van der Waals surface area contributed by atoms with Crippen LogP contribution in [0.3, 0.4) is 0 Å². The van der Waals surface area contributed by atoms with E-state index in [4.69, 9.17) is 15.5 Å². The lowest BCUT2D eigenvalue weighted by Gasteiger charge is -2.04. The van der Waals surface area contributed by atoms with Gasteiger partial charge in [-0.05, 0) is 19.1 Å². The van der Waals surface area contributed by atoms with Crippen LogP contribution in [0.5, 0.6) is 17.2 Å². The second-order valence-corrected chi connectivity index (χ2v) is 2.15. The van der Waals surface area contributed by atoms with Crippen LogP contribution in [0.25, 0.3) is 0 Å². The first kappa shape index (κ1) is 7.68. The van der Waals surface area contributed by atoms with Crippen LogP contribution in [0.1, 0.15) is 5.56 Å². The highest BCUT2D eigenvalue weighted by atomic mass is 17.1. The fraction of sp³-hybridized carbons (Fsp3) is 0.143. The van der Waals surface area contributed by atoms with Crippen molar-refractivity contribution >= 4 is 0 Å². The van der Waals surface area contributed by atoms with Crippen molar-refractivity contribution in [1.82, 2.24) is 0 Å². The third-order valence-corrected chi connectivity index (χ3v) is 1.46. The van der Waals surface area contributed by atoms with Crippen molar-refractivity contribution in [2.45, 2.75) is 6.92 Å². The zero-order valence-electron chi connectivity index (χ0n) is 5.90. The first-order chi connectivity index (χ1) is 5.16. The van der Waals surface area contributed by atoms with Gasteiger partial charge in [-0.25, -0.2) is 5.26 Å². The van der Waals surface area contributed by atoms with Crippen molar-refractivity contribution in [2.75, 3.05) is 0 Å². The Kier molecular flexibility index (Phi) is 1.87. The molecule has 0 unspecified atom stereocenters. The molecule has 1 aromatic carbocycles. The van der Waals surface area contributed by atoms with E-state index in [0.29, 0.717) is 0 Å². The van der Waals surface area contributed by atoms with Crippen LogP contribution in [-0.2, 0) is 0 Å². The van der Waals surface area contributed by atoms with Crippen LogP contribution in [-0.4, -0.2) is 15.5 Å². The van der Waals surface area contributed by atoms with Crippen molar-refractivity contribution < 1.29 is 20.4 Å². The summed E-state index contributed by atoms with van der Waals surface area (Å²) in [6.45, 7) is 1.51. The third kappa shape index (κ3) is 1.20. The van der Waals surface area contributed by atoms with E-state index in [1.807, 2.05) is 0 Å². The van der Waals surface area contributed by atoms with E-state index in [0.717, 1.165) is 0 Å². The molecule has 0 radical (unpaired) electrons. The average molecular weight is 156 g/mol. The van der Waals surface area contributed by atoms with Gasteiger partial charge in [0.15, 0.2) is 5.75 Å². The summed E-state index contributed by atoms with van der Waals surface area (Å²) in [5.41, 5.74) is 0.275. The van der Waals surface area contributed by atoms with E-state index in [2.05, 4.69) is 4.89 Å². The first-order valence-corrected chi connectivity index (χ1v) is 2.99. The molecule has 0 aliphatic rings. The van der Waals surface area contributed by atoms with Gasteiger partial charge in [-0.3, -0.25) is 0 Å². The molecule has 4 heteroatoms. The Morgan fingerprint density at radius 3 is 2.45 bits per heavy atom. The molecule has 3 N–H and O–H groups in total. The van der Waals surface area contributed by atoms with E-state index in [1.165, 1.54) is 19.1 Å². The van der Waals surface area contributed by atoms with Gasteiger partial charge in [-0.15, -0.1) is 0 Å². The van der Waals surface area contributed by atoms with Gasteiger partial charge in [-0.1, -0.05) is 0 Å². The number of phenolic OH excluding ortho intramolecular Hbond substituents is 2. The molecule has 0 saturated heterocycles. The molecule has 0 bridgehead atoms. The van der Waals surface area contributed by atoms with Gasteiger partial charge in [0.2, 0.25) is 5.75 Å². The maximum atomic E-state index is 9.13. The van der Waals surface area contributed by atoms with Crippen LogP contribution in [0.15, 0.2) is 12.1 Å².